The van der Waals surface area contributed by atoms with Gasteiger partial charge in [0.15, 0.2) is 5.13 Å². The van der Waals surface area contributed by atoms with Gasteiger partial charge in [-0.2, -0.15) is 0 Å². The Hall–Kier alpha value is -3.11. The Morgan fingerprint density at radius 2 is 1.83 bits per heavy atom. The first-order valence-corrected chi connectivity index (χ1v) is 9.75. The number of carbonyl (C=O) groups is 2. The monoisotopic (exact) mass is 432 g/mol. The molecule has 29 heavy (non-hydrogen) atoms. The smallest absolute Gasteiger partial charge is 0.267 e. The molecule has 0 bridgehead atoms. The lowest BCUT2D eigenvalue weighted by Crippen LogP contribution is -2.16. The Kier molecular flexibility index (Phi) is 5.12. The third kappa shape index (κ3) is 4.33. The fraction of sp³-hybridized carbons (Fsp3) is 0.167. The molecule has 0 unspecified atom stereocenters. The predicted molar refractivity (Wildman–Crippen MR) is 108 cm³/mol. The van der Waals surface area contributed by atoms with Crippen LogP contribution in [-0.4, -0.2) is 26.8 Å². The maximum absolute atomic E-state index is 14.3. The van der Waals surface area contributed by atoms with E-state index in [-0.39, 0.29) is 26.3 Å². The van der Waals surface area contributed by atoms with E-state index >= 15 is 0 Å². The highest BCUT2D eigenvalue weighted by Crippen LogP contribution is 2.37. The summed E-state index contributed by atoms with van der Waals surface area (Å²) < 4.78 is 14.3. The zero-order valence-electron chi connectivity index (χ0n) is 14.8. The fourth-order valence-electron chi connectivity index (χ4n) is 2.55. The lowest BCUT2D eigenvalue weighted by Gasteiger charge is -2.11. The first kappa shape index (κ1) is 19.2. The van der Waals surface area contributed by atoms with Gasteiger partial charge in [0.1, 0.15) is 16.5 Å². The van der Waals surface area contributed by atoms with E-state index in [1.54, 1.807) is 0 Å². The summed E-state index contributed by atoms with van der Waals surface area (Å²) in [4.78, 5) is 37.2. The fourth-order valence-corrected chi connectivity index (χ4v) is 3.33. The van der Waals surface area contributed by atoms with Crippen LogP contribution in [0.1, 0.15) is 44.6 Å². The van der Waals surface area contributed by atoms with Gasteiger partial charge in [-0.25, -0.2) is 19.3 Å². The van der Waals surface area contributed by atoms with Crippen molar-refractivity contribution in [1.82, 2.24) is 15.0 Å². The predicted octanol–water partition coefficient (Wildman–Crippen LogP) is 3.69. The van der Waals surface area contributed by atoms with Crippen LogP contribution in [0.25, 0.3) is 0 Å². The summed E-state index contributed by atoms with van der Waals surface area (Å²) in [6.07, 6.45) is 6.38. The van der Waals surface area contributed by atoms with Gasteiger partial charge < -0.3 is 16.4 Å². The van der Waals surface area contributed by atoms with Crippen LogP contribution in [0, 0.1) is 5.82 Å². The second kappa shape index (κ2) is 7.72. The largest absolute Gasteiger partial charge is 0.375 e. The number of nitrogen functional groups attached to an aromatic ring is 1. The van der Waals surface area contributed by atoms with Gasteiger partial charge in [0.05, 0.1) is 40.6 Å². The second-order valence-corrected chi connectivity index (χ2v) is 7.86. The summed E-state index contributed by atoms with van der Waals surface area (Å²) in [6.45, 7) is 0. The zero-order valence-corrected chi connectivity index (χ0v) is 16.4. The number of nitrogens with zero attached hydrogens (tertiary/aromatic N) is 3. The Bertz CT molecular complexity index is 1100. The van der Waals surface area contributed by atoms with Crippen LogP contribution in [0.3, 0.4) is 0 Å². The van der Waals surface area contributed by atoms with E-state index in [9.17, 15) is 14.0 Å². The van der Waals surface area contributed by atoms with Crippen molar-refractivity contribution in [2.75, 3.05) is 16.4 Å². The van der Waals surface area contributed by atoms with Crippen LogP contribution in [0.5, 0.6) is 0 Å². The van der Waals surface area contributed by atoms with Crippen molar-refractivity contribution in [2.45, 2.75) is 18.8 Å². The van der Waals surface area contributed by atoms with Crippen LogP contribution >= 0.6 is 22.9 Å². The number of halogens is 2. The molecule has 8 nitrogen and oxygen atoms in total. The number of amides is 2. The number of anilines is 3. The molecular weight excluding hydrogens is 419 g/mol. The number of hydrogen-bond donors (Lipinski definition) is 3. The molecule has 1 aliphatic rings. The van der Waals surface area contributed by atoms with Crippen LogP contribution in [-0.2, 0) is 0 Å². The molecule has 11 heteroatoms. The highest BCUT2D eigenvalue weighted by Gasteiger charge is 2.26. The lowest BCUT2D eigenvalue weighted by atomic mass is 10.1. The average Bonchev–Trinajstić information content (AvgIpc) is 3.44. The maximum Gasteiger partial charge on any atom is 0.267 e. The summed E-state index contributed by atoms with van der Waals surface area (Å²) in [5.74, 6) is -0.964. The van der Waals surface area contributed by atoms with Crippen molar-refractivity contribution < 1.29 is 14.0 Å². The average molecular weight is 433 g/mol. The first-order chi connectivity index (χ1) is 13.9. The lowest BCUT2D eigenvalue weighted by molar-refractivity contribution is 0.101. The number of thiazole rings is 1. The Labute approximate surface area is 173 Å². The molecule has 1 fully saturated rings. The second-order valence-electron chi connectivity index (χ2n) is 6.39. The summed E-state index contributed by atoms with van der Waals surface area (Å²) in [5, 5.41) is 5.24. The minimum atomic E-state index is -0.831. The number of nitrogens with one attached hydrogen (secondary N) is 2. The third-order valence-electron chi connectivity index (χ3n) is 4.17. The van der Waals surface area contributed by atoms with Crippen LogP contribution < -0.4 is 16.4 Å². The van der Waals surface area contributed by atoms with Crippen molar-refractivity contribution in [3.63, 3.8) is 0 Å². The van der Waals surface area contributed by atoms with E-state index < -0.39 is 17.6 Å². The van der Waals surface area contributed by atoms with Crippen LogP contribution in [0.15, 0.2) is 30.7 Å². The van der Waals surface area contributed by atoms with E-state index in [1.165, 1.54) is 18.6 Å². The van der Waals surface area contributed by atoms with E-state index in [0.717, 1.165) is 42.1 Å². The van der Waals surface area contributed by atoms with Crippen molar-refractivity contribution in [1.29, 1.82) is 0 Å². The van der Waals surface area contributed by atoms with Gasteiger partial charge in [-0.15, -0.1) is 0 Å². The number of rotatable bonds is 5. The molecular formula is C18H14ClFN6O2S. The van der Waals surface area contributed by atoms with E-state index in [1.807, 2.05) is 0 Å². The summed E-state index contributed by atoms with van der Waals surface area (Å²) in [7, 11) is 0. The molecule has 0 aliphatic heterocycles. The van der Waals surface area contributed by atoms with Gasteiger partial charge in [0.2, 0.25) is 0 Å². The molecule has 2 amide bonds. The summed E-state index contributed by atoms with van der Waals surface area (Å²) >= 11 is 7.00. The molecule has 3 aromatic rings. The minimum absolute atomic E-state index is 0.0537. The standard InChI is InChI=1S/C18H14ClFN6O2S/c19-11-4-12(20)10(3-13(11)26-17(28)14-7-24-18(21)29-14)16(27)25-9-5-22-15(23-6-9)8-1-2-8/h3-8H,1-2H2,(H2,21,24)(H,25,27)(H,26,28). The molecule has 1 aromatic carbocycles. The molecule has 4 rings (SSSR count). The van der Waals surface area contributed by atoms with Crippen molar-refractivity contribution >= 4 is 51.3 Å². The normalized spacial score (nSPS) is 13.2. The van der Waals surface area contributed by atoms with Crippen molar-refractivity contribution in [2.24, 2.45) is 0 Å². The molecule has 4 N–H and O–H groups in total. The molecule has 1 saturated carbocycles. The molecule has 148 valence electrons. The Balaban J connectivity index is 1.52. The van der Waals surface area contributed by atoms with Crippen LogP contribution in [0.2, 0.25) is 5.02 Å². The number of aromatic nitrogens is 3. The Morgan fingerprint density at radius 1 is 1.10 bits per heavy atom. The molecule has 0 radical (unpaired) electrons. The summed E-state index contributed by atoms with van der Waals surface area (Å²) in [5.41, 5.74) is 5.63. The first-order valence-electron chi connectivity index (χ1n) is 8.55. The van der Waals surface area contributed by atoms with Gasteiger partial charge in [-0.1, -0.05) is 22.9 Å². The highest BCUT2D eigenvalue weighted by atomic mass is 35.5. The number of nitrogens with two attached hydrogens (primary N) is 1. The van der Waals surface area contributed by atoms with Crippen molar-refractivity contribution in [3.8, 4) is 0 Å². The van der Waals surface area contributed by atoms with E-state index in [2.05, 4.69) is 25.6 Å². The Morgan fingerprint density at radius 3 is 2.45 bits per heavy atom. The van der Waals surface area contributed by atoms with Gasteiger partial charge in [0.25, 0.3) is 11.8 Å². The quantitative estimate of drug-likeness (QED) is 0.565. The molecule has 2 heterocycles. The third-order valence-corrected chi connectivity index (χ3v) is 5.31. The van der Waals surface area contributed by atoms with Gasteiger partial charge in [-0.3, -0.25) is 9.59 Å². The van der Waals surface area contributed by atoms with Crippen molar-refractivity contribution in [3.05, 3.63) is 57.8 Å². The van der Waals surface area contributed by atoms with Gasteiger partial charge >= 0.3 is 0 Å². The number of hydrogen-bond acceptors (Lipinski definition) is 7. The van der Waals surface area contributed by atoms with Gasteiger partial charge in [-0.05, 0) is 25.0 Å². The molecule has 0 atom stereocenters. The minimum Gasteiger partial charge on any atom is -0.375 e. The van der Waals surface area contributed by atoms with E-state index in [0.29, 0.717) is 11.6 Å². The molecule has 1 aliphatic carbocycles. The van der Waals surface area contributed by atoms with Crippen LogP contribution in [0.4, 0.5) is 20.9 Å². The number of carbonyl (C=O) groups excluding carboxylic acids is 2. The SMILES string of the molecule is Nc1ncc(C(=O)Nc2cc(C(=O)Nc3cnc(C4CC4)nc3)c(F)cc2Cl)s1. The molecule has 0 saturated heterocycles. The molecule has 2 aromatic heterocycles. The maximum atomic E-state index is 14.3. The highest BCUT2D eigenvalue weighted by molar-refractivity contribution is 7.17. The van der Waals surface area contributed by atoms with Gasteiger partial charge in [0, 0.05) is 5.92 Å². The molecule has 0 spiro atoms. The topological polar surface area (TPSA) is 123 Å². The van der Waals surface area contributed by atoms with E-state index in [4.69, 9.17) is 17.3 Å². The summed E-state index contributed by atoms with van der Waals surface area (Å²) in [6, 6.07) is 2.12. The zero-order chi connectivity index (χ0) is 20.5. The number of benzene rings is 1.